The summed E-state index contributed by atoms with van der Waals surface area (Å²) in [6, 6.07) is 7.76. The predicted molar refractivity (Wildman–Crippen MR) is 79.5 cm³/mol. The molecule has 0 radical (unpaired) electrons. The van der Waals surface area contributed by atoms with E-state index < -0.39 is 11.9 Å². The summed E-state index contributed by atoms with van der Waals surface area (Å²) in [5.41, 5.74) is 1.90. The maximum absolute atomic E-state index is 11.3. The van der Waals surface area contributed by atoms with Gasteiger partial charge in [-0.1, -0.05) is 28.1 Å². The van der Waals surface area contributed by atoms with Crippen LogP contribution in [0.1, 0.15) is 16.3 Å². The molecule has 2 aromatic rings. The summed E-state index contributed by atoms with van der Waals surface area (Å²) < 4.78 is 0.998. The second-order valence-electron chi connectivity index (χ2n) is 4.43. The van der Waals surface area contributed by atoms with Crippen molar-refractivity contribution < 1.29 is 9.90 Å². The van der Waals surface area contributed by atoms with Crippen molar-refractivity contribution in [2.45, 2.75) is 19.8 Å². The molecule has 1 atom stereocenters. The molecule has 1 heterocycles. The number of aliphatic carboxylic acids is 1. The molecule has 0 aliphatic carbocycles. The monoisotopic (exact) mass is 339 g/mol. The first-order valence-corrected chi connectivity index (χ1v) is 7.60. The lowest BCUT2D eigenvalue weighted by Gasteiger charge is -2.11. The average molecular weight is 340 g/mol. The van der Waals surface area contributed by atoms with E-state index in [9.17, 15) is 9.90 Å². The highest BCUT2D eigenvalue weighted by molar-refractivity contribution is 9.10. The largest absolute Gasteiger partial charge is 0.481 e. The van der Waals surface area contributed by atoms with Gasteiger partial charge in [0.2, 0.25) is 0 Å². The van der Waals surface area contributed by atoms with Crippen molar-refractivity contribution in [1.82, 2.24) is 4.98 Å². The van der Waals surface area contributed by atoms with Crippen LogP contribution in [0.4, 0.5) is 0 Å². The number of aryl methyl sites for hydroxylation is 1. The zero-order valence-corrected chi connectivity index (χ0v) is 12.9. The standard InChI is InChI=1S/C14H14BrNO2S/c1-9-16-13(8-19-9)7-11(14(17)18)6-10-2-4-12(15)5-3-10/h2-5,8,11H,6-7H2,1H3,(H,17,18). The van der Waals surface area contributed by atoms with E-state index >= 15 is 0 Å². The van der Waals surface area contributed by atoms with Gasteiger partial charge in [-0.25, -0.2) is 4.98 Å². The molecule has 0 aliphatic rings. The Kier molecular flexibility index (Phi) is 4.71. The number of rotatable bonds is 5. The van der Waals surface area contributed by atoms with Gasteiger partial charge in [0, 0.05) is 16.3 Å². The van der Waals surface area contributed by atoms with Crippen LogP contribution in [0.3, 0.4) is 0 Å². The Balaban J connectivity index is 2.08. The third-order valence-electron chi connectivity index (χ3n) is 2.87. The fourth-order valence-electron chi connectivity index (χ4n) is 1.91. The number of carboxylic acids is 1. The summed E-state index contributed by atoms with van der Waals surface area (Å²) in [7, 11) is 0. The van der Waals surface area contributed by atoms with Gasteiger partial charge in [0.05, 0.1) is 16.6 Å². The van der Waals surface area contributed by atoms with Gasteiger partial charge < -0.3 is 5.11 Å². The maximum atomic E-state index is 11.3. The van der Waals surface area contributed by atoms with Crippen molar-refractivity contribution in [3.63, 3.8) is 0 Å². The number of halogens is 1. The second-order valence-corrected chi connectivity index (χ2v) is 6.41. The smallest absolute Gasteiger partial charge is 0.307 e. The molecule has 19 heavy (non-hydrogen) atoms. The topological polar surface area (TPSA) is 50.2 Å². The minimum absolute atomic E-state index is 0.428. The third-order valence-corrected chi connectivity index (χ3v) is 4.22. The van der Waals surface area contributed by atoms with Gasteiger partial charge in [-0.2, -0.15) is 0 Å². The normalized spacial score (nSPS) is 12.3. The van der Waals surface area contributed by atoms with E-state index in [2.05, 4.69) is 20.9 Å². The van der Waals surface area contributed by atoms with Crippen molar-refractivity contribution in [1.29, 1.82) is 0 Å². The molecule has 0 aliphatic heterocycles. The number of aromatic nitrogens is 1. The Hall–Kier alpha value is -1.20. The van der Waals surface area contributed by atoms with Gasteiger partial charge in [0.15, 0.2) is 0 Å². The second kappa shape index (κ2) is 6.30. The van der Waals surface area contributed by atoms with Crippen LogP contribution in [0.15, 0.2) is 34.1 Å². The number of thiazole rings is 1. The first-order valence-electron chi connectivity index (χ1n) is 5.93. The Morgan fingerprint density at radius 2 is 2.05 bits per heavy atom. The number of nitrogens with zero attached hydrogens (tertiary/aromatic N) is 1. The van der Waals surface area contributed by atoms with E-state index in [1.54, 1.807) is 11.3 Å². The summed E-state index contributed by atoms with van der Waals surface area (Å²) in [4.78, 5) is 15.7. The molecule has 0 bridgehead atoms. The molecule has 3 nitrogen and oxygen atoms in total. The zero-order chi connectivity index (χ0) is 13.8. The highest BCUT2D eigenvalue weighted by Gasteiger charge is 2.19. The lowest BCUT2D eigenvalue weighted by molar-refractivity contribution is -0.141. The first-order chi connectivity index (χ1) is 9.04. The molecule has 0 spiro atoms. The van der Waals surface area contributed by atoms with Crippen LogP contribution in [-0.4, -0.2) is 16.1 Å². The van der Waals surface area contributed by atoms with Crippen molar-refractivity contribution >= 4 is 33.2 Å². The van der Waals surface area contributed by atoms with Gasteiger partial charge in [-0.3, -0.25) is 4.79 Å². The third kappa shape index (κ3) is 4.14. The number of carboxylic acid groups (broad SMARTS) is 1. The van der Waals surface area contributed by atoms with Gasteiger partial charge in [0.1, 0.15) is 0 Å². The molecule has 1 unspecified atom stereocenters. The molecule has 0 saturated heterocycles. The quantitative estimate of drug-likeness (QED) is 0.903. The zero-order valence-electron chi connectivity index (χ0n) is 10.5. The molecular formula is C14H14BrNO2S. The fourth-order valence-corrected chi connectivity index (χ4v) is 2.80. The molecule has 5 heteroatoms. The lowest BCUT2D eigenvalue weighted by atomic mass is 9.95. The van der Waals surface area contributed by atoms with Gasteiger partial charge in [0.25, 0.3) is 0 Å². The molecule has 0 fully saturated rings. The van der Waals surface area contributed by atoms with Crippen LogP contribution >= 0.6 is 27.3 Å². The average Bonchev–Trinajstić information content (AvgIpc) is 2.76. The van der Waals surface area contributed by atoms with E-state index in [0.717, 1.165) is 20.7 Å². The molecular weight excluding hydrogens is 326 g/mol. The van der Waals surface area contributed by atoms with Crippen LogP contribution in [0.25, 0.3) is 0 Å². The fraction of sp³-hybridized carbons (Fsp3) is 0.286. The SMILES string of the molecule is Cc1nc(CC(Cc2ccc(Br)cc2)C(=O)O)cs1. The number of hydrogen-bond donors (Lipinski definition) is 1. The van der Waals surface area contributed by atoms with E-state index in [-0.39, 0.29) is 0 Å². The summed E-state index contributed by atoms with van der Waals surface area (Å²) in [6.07, 6.45) is 1.01. The van der Waals surface area contributed by atoms with E-state index in [1.807, 2.05) is 36.6 Å². The van der Waals surface area contributed by atoms with Crippen LogP contribution < -0.4 is 0 Å². The maximum Gasteiger partial charge on any atom is 0.307 e. The predicted octanol–water partition coefficient (Wildman–Crippen LogP) is 3.70. The van der Waals surface area contributed by atoms with Crippen LogP contribution in [0.5, 0.6) is 0 Å². The summed E-state index contributed by atoms with van der Waals surface area (Å²) in [5, 5.41) is 12.2. The molecule has 1 N–H and O–H groups in total. The number of carbonyl (C=O) groups is 1. The summed E-state index contributed by atoms with van der Waals surface area (Å²) in [5.74, 6) is -1.20. The van der Waals surface area contributed by atoms with Gasteiger partial charge in [-0.15, -0.1) is 11.3 Å². The van der Waals surface area contributed by atoms with Crippen molar-refractivity contribution in [3.05, 3.63) is 50.4 Å². The van der Waals surface area contributed by atoms with E-state index in [0.29, 0.717) is 12.8 Å². The summed E-state index contributed by atoms with van der Waals surface area (Å²) in [6.45, 7) is 1.93. The van der Waals surface area contributed by atoms with Gasteiger partial charge >= 0.3 is 5.97 Å². The first kappa shape index (κ1) is 14.2. The van der Waals surface area contributed by atoms with Gasteiger partial charge in [-0.05, 0) is 31.0 Å². The minimum Gasteiger partial charge on any atom is -0.481 e. The highest BCUT2D eigenvalue weighted by atomic mass is 79.9. The Morgan fingerprint density at radius 1 is 1.37 bits per heavy atom. The van der Waals surface area contributed by atoms with Crippen LogP contribution in [0, 0.1) is 12.8 Å². The highest BCUT2D eigenvalue weighted by Crippen LogP contribution is 2.18. The number of hydrogen-bond acceptors (Lipinski definition) is 3. The molecule has 0 saturated carbocycles. The van der Waals surface area contributed by atoms with Crippen molar-refractivity contribution in [2.75, 3.05) is 0 Å². The molecule has 0 amide bonds. The molecule has 2 rings (SSSR count). The lowest BCUT2D eigenvalue weighted by Crippen LogP contribution is -2.19. The van der Waals surface area contributed by atoms with E-state index in [1.165, 1.54) is 0 Å². The number of benzene rings is 1. The summed E-state index contributed by atoms with van der Waals surface area (Å²) >= 11 is 4.93. The van der Waals surface area contributed by atoms with Crippen molar-refractivity contribution in [3.8, 4) is 0 Å². The Labute approximate surface area is 124 Å². The Morgan fingerprint density at radius 3 is 2.58 bits per heavy atom. The molecule has 1 aromatic carbocycles. The van der Waals surface area contributed by atoms with E-state index in [4.69, 9.17) is 0 Å². The van der Waals surface area contributed by atoms with Crippen LogP contribution in [-0.2, 0) is 17.6 Å². The molecule has 1 aromatic heterocycles. The Bertz CT molecular complexity index is 565. The minimum atomic E-state index is -0.770. The molecule has 100 valence electrons. The van der Waals surface area contributed by atoms with Crippen molar-refractivity contribution in [2.24, 2.45) is 5.92 Å². The van der Waals surface area contributed by atoms with Crippen LogP contribution in [0.2, 0.25) is 0 Å².